The molecule has 19 heavy (non-hydrogen) atoms. The molecule has 2 nitrogen and oxygen atoms in total. The molecule has 0 amide bonds. The van der Waals surface area contributed by atoms with E-state index in [0.717, 1.165) is 14.7 Å². The molecule has 0 fully saturated rings. The predicted octanol–water partition coefficient (Wildman–Crippen LogP) is 5.39. The normalized spacial score (nSPS) is 9.74. The third-order valence-corrected chi connectivity index (χ3v) is 2.96. The van der Waals surface area contributed by atoms with Gasteiger partial charge >= 0.3 is 0 Å². The first kappa shape index (κ1) is 16.1. The van der Waals surface area contributed by atoms with E-state index in [1.807, 2.05) is 44.2 Å². The summed E-state index contributed by atoms with van der Waals surface area (Å²) in [6.07, 6.45) is 0.240. The number of halogens is 2. The minimum absolute atomic E-state index is 0.240. The van der Waals surface area contributed by atoms with Gasteiger partial charge in [0.25, 0.3) is 0 Å². The fourth-order valence-corrected chi connectivity index (χ4v) is 2.05. The molecule has 0 heterocycles. The van der Waals surface area contributed by atoms with Crippen molar-refractivity contribution in [1.29, 1.82) is 0 Å². The molecule has 1 N–H and O–H groups in total. The number of phenols is 1. The maximum atomic E-state index is 8.78. The highest BCUT2D eigenvalue weighted by atomic mass is 79.9. The molecule has 102 valence electrons. The van der Waals surface area contributed by atoms with Crippen LogP contribution >= 0.6 is 31.9 Å². The van der Waals surface area contributed by atoms with Gasteiger partial charge in [0.15, 0.2) is 0 Å². The second kappa shape index (κ2) is 8.23. The first-order chi connectivity index (χ1) is 8.97. The summed E-state index contributed by atoms with van der Waals surface area (Å²) in [6.45, 7) is 4.03. The smallest absolute Gasteiger partial charge is 0.120 e. The zero-order chi connectivity index (χ0) is 14.3. The van der Waals surface area contributed by atoms with Crippen molar-refractivity contribution in [3.05, 3.63) is 57.5 Å². The fourth-order valence-electron chi connectivity index (χ4n) is 1.29. The third kappa shape index (κ3) is 7.23. The maximum Gasteiger partial charge on any atom is 0.120 e. The Kier molecular flexibility index (Phi) is 6.95. The molecule has 0 radical (unpaired) electrons. The topological polar surface area (TPSA) is 29.5 Å². The van der Waals surface area contributed by atoms with E-state index in [9.17, 15) is 0 Å². The zero-order valence-corrected chi connectivity index (χ0v) is 14.0. The Morgan fingerprint density at radius 2 is 1.53 bits per heavy atom. The number of phenolic OH excluding ortho intramolecular Hbond substituents is 1. The Bertz CT molecular complexity index is 496. The lowest BCUT2D eigenvalue weighted by molar-refractivity contribution is 0.242. The Morgan fingerprint density at radius 1 is 0.947 bits per heavy atom. The van der Waals surface area contributed by atoms with E-state index < -0.39 is 0 Å². The molecule has 0 spiro atoms. The molecule has 0 aliphatic rings. The van der Waals surface area contributed by atoms with E-state index in [1.54, 1.807) is 18.2 Å². The highest BCUT2D eigenvalue weighted by Gasteiger charge is 1.96. The highest BCUT2D eigenvalue weighted by Crippen LogP contribution is 2.18. The van der Waals surface area contributed by atoms with Crippen LogP contribution in [-0.2, 0) is 0 Å². The number of aromatic hydroxyl groups is 1. The van der Waals surface area contributed by atoms with Crippen molar-refractivity contribution in [3.63, 3.8) is 0 Å². The summed E-state index contributed by atoms with van der Waals surface area (Å²) in [5, 5.41) is 8.78. The first-order valence-corrected chi connectivity index (χ1v) is 7.42. The van der Waals surface area contributed by atoms with Gasteiger partial charge in [-0.3, -0.25) is 0 Å². The van der Waals surface area contributed by atoms with E-state index in [0.29, 0.717) is 5.75 Å². The molecule has 0 aliphatic heterocycles. The van der Waals surface area contributed by atoms with Crippen molar-refractivity contribution in [2.24, 2.45) is 0 Å². The fraction of sp³-hybridized carbons (Fsp3) is 0.200. The van der Waals surface area contributed by atoms with Crippen LogP contribution in [0.5, 0.6) is 11.5 Å². The number of hydrogen-bond donors (Lipinski definition) is 1. The summed E-state index contributed by atoms with van der Waals surface area (Å²) in [5.41, 5.74) is 0. The molecule has 2 aromatic carbocycles. The molecule has 2 rings (SSSR count). The molecule has 0 atom stereocenters. The summed E-state index contributed by atoms with van der Waals surface area (Å²) in [5.74, 6) is 1.20. The summed E-state index contributed by atoms with van der Waals surface area (Å²) < 4.78 is 7.42. The SMILES string of the molecule is CC(C)Oc1cccc(Br)c1.Oc1cccc(Br)c1. The monoisotopic (exact) mass is 386 g/mol. The van der Waals surface area contributed by atoms with Crippen molar-refractivity contribution in [2.75, 3.05) is 0 Å². The van der Waals surface area contributed by atoms with Gasteiger partial charge in [-0.1, -0.05) is 44.0 Å². The lowest BCUT2D eigenvalue weighted by Gasteiger charge is -2.08. The van der Waals surface area contributed by atoms with Crippen LogP contribution in [0.3, 0.4) is 0 Å². The van der Waals surface area contributed by atoms with Gasteiger partial charge in [0.05, 0.1) is 6.10 Å². The predicted molar refractivity (Wildman–Crippen MR) is 85.7 cm³/mol. The highest BCUT2D eigenvalue weighted by molar-refractivity contribution is 9.10. The Morgan fingerprint density at radius 3 is 1.95 bits per heavy atom. The van der Waals surface area contributed by atoms with Gasteiger partial charge in [-0.2, -0.15) is 0 Å². The van der Waals surface area contributed by atoms with Crippen LogP contribution < -0.4 is 4.74 Å². The molecule has 0 saturated heterocycles. The van der Waals surface area contributed by atoms with Gasteiger partial charge in [0.2, 0.25) is 0 Å². The van der Waals surface area contributed by atoms with Crippen LogP contribution in [-0.4, -0.2) is 11.2 Å². The summed E-state index contributed by atoms with van der Waals surface area (Å²) in [6, 6.07) is 14.8. The Balaban J connectivity index is 0.000000200. The van der Waals surface area contributed by atoms with E-state index in [1.165, 1.54) is 0 Å². The van der Waals surface area contributed by atoms with Crippen molar-refractivity contribution in [3.8, 4) is 11.5 Å². The van der Waals surface area contributed by atoms with Crippen molar-refractivity contribution in [2.45, 2.75) is 20.0 Å². The number of rotatable bonds is 2. The third-order valence-electron chi connectivity index (χ3n) is 1.98. The second-order valence-electron chi connectivity index (χ2n) is 4.10. The van der Waals surface area contributed by atoms with Crippen LogP contribution in [0.4, 0.5) is 0 Å². The van der Waals surface area contributed by atoms with Crippen molar-refractivity contribution in [1.82, 2.24) is 0 Å². The largest absolute Gasteiger partial charge is 0.508 e. The summed E-state index contributed by atoms with van der Waals surface area (Å²) in [7, 11) is 0. The van der Waals surface area contributed by atoms with Crippen LogP contribution in [0.1, 0.15) is 13.8 Å². The molecule has 0 unspecified atom stereocenters. The standard InChI is InChI=1S/C9H11BrO.C6H5BrO/c1-7(2)11-9-5-3-4-8(10)6-9;7-5-2-1-3-6(8)4-5/h3-7H,1-2H3;1-4,8H. The van der Waals surface area contributed by atoms with Gasteiger partial charge in [0, 0.05) is 8.95 Å². The number of hydrogen-bond acceptors (Lipinski definition) is 2. The molecule has 0 saturated carbocycles. The second-order valence-corrected chi connectivity index (χ2v) is 5.94. The van der Waals surface area contributed by atoms with Gasteiger partial charge in [-0.25, -0.2) is 0 Å². The molecule has 0 aliphatic carbocycles. The zero-order valence-electron chi connectivity index (χ0n) is 10.8. The molecule has 0 bridgehead atoms. The average molecular weight is 388 g/mol. The minimum Gasteiger partial charge on any atom is -0.508 e. The van der Waals surface area contributed by atoms with Crippen molar-refractivity contribution < 1.29 is 9.84 Å². The van der Waals surface area contributed by atoms with Gasteiger partial charge < -0.3 is 9.84 Å². The Hall–Kier alpha value is -1.00. The maximum absolute atomic E-state index is 8.78. The van der Waals surface area contributed by atoms with Crippen LogP contribution in [0, 0.1) is 0 Å². The van der Waals surface area contributed by atoms with Crippen molar-refractivity contribution >= 4 is 31.9 Å². The van der Waals surface area contributed by atoms with Gasteiger partial charge in [-0.05, 0) is 50.2 Å². The lowest BCUT2D eigenvalue weighted by Crippen LogP contribution is -2.04. The van der Waals surface area contributed by atoms with Crippen LogP contribution in [0.2, 0.25) is 0 Å². The summed E-state index contributed by atoms with van der Waals surface area (Å²) >= 11 is 6.57. The van der Waals surface area contributed by atoms with Gasteiger partial charge in [-0.15, -0.1) is 0 Å². The number of benzene rings is 2. The van der Waals surface area contributed by atoms with Crippen LogP contribution in [0.25, 0.3) is 0 Å². The van der Waals surface area contributed by atoms with Gasteiger partial charge in [0.1, 0.15) is 11.5 Å². The van der Waals surface area contributed by atoms with E-state index in [-0.39, 0.29) is 6.10 Å². The Labute approximate surface area is 130 Å². The first-order valence-electron chi connectivity index (χ1n) is 5.84. The van der Waals surface area contributed by atoms with E-state index in [2.05, 4.69) is 31.9 Å². The lowest BCUT2D eigenvalue weighted by atomic mass is 10.3. The van der Waals surface area contributed by atoms with E-state index >= 15 is 0 Å². The molecule has 0 aromatic heterocycles. The summed E-state index contributed by atoms with van der Waals surface area (Å²) in [4.78, 5) is 0. The average Bonchev–Trinajstić information content (AvgIpc) is 2.28. The molecular formula is C15H16Br2O2. The van der Waals surface area contributed by atoms with E-state index in [4.69, 9.17) is 9.84 Å². The molecule has 2 aromatic rings. The molecule has 4 heteroatoms. The minimum atomic E-state index is 0.240. The number of ether oxygens (including phenoxy) is 1. The molecular weight excluding hydrogens is 372 g/mol. The van der Waals surface area contributed by atoms with Crippen LogP contribution in [0.15, 0.2) is 57.5 Å². The quantitative estimate of drug-likeness (QED) is 0.748.